The molecule has 15 heavy (non-hydrogen) atoms. The molecule has 1 fully saturated rings. The van der Waals surface area contributed by atoms with E-state index in [-0.39, 0.29) is 5.97 Å². The molecule has 0 atom stereocenters. The molecule has 0 unspecified atom stereocenters. The van der Waals surface area contributed by atoms with Crippen LogP contribution in [0.1, 0.15) is 33.1 Å². The molecule has 0 saturated carbocycles. The zero-order valence-electron chi connectivity index (χ0n) is 9.62. The van der Waals surface area contributed by atoms with Crippen LogP contribution < -0.4 is 0 Å². The Hall–Kier alpha value is -0.830. The van der Waals surface area contributed by atoms with Gasteiger partial charge in [-0.1, -0.05) is 25.8 Å². The number of hydrogen-bond acceptors (Lipinski definition) is 3. The van der Waals surface area contributed by atoms with E-state index in [4.69, 9.17) is 9.47 Å². The second kappa shape index (κ2) is 6.62. The van der Waals surface area contributed by atoms with Crippen molar-refractivity contribution in [2.45, 2.75) is 33.1 Å². The largest absolute Gasteiger partial charge is 0.462 e. The van der Waals surface area contributed by atoms with Gasteiger partial charge in [-0.25, -0.2) is 4.79 Å². The minimum Gasteiger partial charge on any atom is -0.462 e. The molecule has 0 aliphatic carbocycles. The molecule has 1 aliphatic rings. The minimum atomic E-state index is -0.182. The van der Waals surface area contributed by atoms with Crippen molar-refractivity contribution in [3.05, 3.63) is 11.6 Å². The normalized spacial score (nSPS) is 17.3. The first kappa shape index (κ1) is 12.2. The lowest BCUT2D eigenvalue weighted by molar-refractivity contribution is -0.146. The van der Waals surface area contributed by atoms with E-state index in [1.54, 1.807) is 0 Å². The van der Waals surface area contributed by atoms with Gasteiger partial charge in [-0.2, -0.15) is 0 Å². The van der Waals surface area contributed by atoms with Crippen molar-refractivity contribution in [2.75, 3.05) is 19.8 Å². The van der Waals surface area contributed by atoms with Crippen molar-refractivity contribution in [1.82, 2.24) is 0 Å². The van der Waals surface area contributed by atoms with Crippen LogP contribution in [0.25, 0.3) is 0 Å². The van der Waals surface area contributed by atoms with Gasteiger partial charge >= 0.3 is 5.97 Å². The van der Waals surface area contributed by atoms with E-state index in [0.717, 1.165) is 38.0 Å². The highest BCUT2D eigenvalue weighted by molar-refractivity contribution is 5.87. The van der Waals surface area contributed by atoms with Crippen LogP contribution >= 0.6 is 0 Å². The first-order valence-electron chi connectivity index (χ1n) is 5.65. The number of unbranched alkanes of at least 4 members (excludes halogenated alkanes) is 2. The molecule has 0 aromatic heterocycles. The number of hydrogen-bond donors (Lipinski definition) is 0. The van der Waals surface area contributed by atoms with Crippen molar-refractivity contribution >= 4 is 5.97 Å². The van der Waals surface area contributed by atoms with Crippen LogP contribution in [-0.4, -0.2) is 25.8 Å². The number of allylic oxidation sites excluding steroid dienone is 1. The van der Waals surface area contributed by atoms with Gasteiger partial charge in [-0.15, -0.1) is 0 Å². The third-order valence-corrected chi connectivity index (χ3v) is 2.49. The third-order valence-electron chi connectivity index (χ3n) is 2.49. The molecule has 1 aliphatic heterocycles. The Morgan fingerprint density at radius 1 is 1.53 bits per heavy atom. The van der Waals surface area contributed by atoms with Gasteiger partial charge in [0, 0.05) is 11.5 Å². The molecule has 0 aromatic rings. The second-order valence-electron chi connectivity index (χ2n) is 4.03. The monoisotopic (exact) mass is 212 g/mol. The summed E-state index contributed by atoms with van der Waals surface area (Å²) in [5.74, 6) is 0.232. The highest BCUT2D eigenvalue weighted by Crippen LogP contribution is 2.11. The van der Waals surface area contributed by atoms with Gasteiger partial charge in [0.05, 0.1) is 19.8 Å². The van der Waals surface area contributed by atoms with Crippen LogP contribution in [0.3, 0.4) is 0 Å². The molecule has 0 radical (unpaired) electrons. The molecule has 3 heteroatoms. The molecule has 1 rings (SSSR count). The van der Waals surface area contributed by atoms with E-state index in [1.165, 1.54) is 0 Å². The van der Waals surface area contributed by atoms with E-state index in [2.05, 4.69) is 6.92 Å². The quantitative estimate of drug-likeness (QED) is 0.385. The lowest BCUT2D eigenvalue weighted by Gasteiger charge is -2.25. The summed E-state index contributed by atoms with van der Waals surface area (Å²) in [5, 5.41) is 0. The number of carbonyl (C=O) groups excluding carboxylic acids is 1. The average molecular weight is 212 g/mol. The lowest BCUT2D eigenvalue weighted by atomic mass is 10.1. The van der Waals surface area contributed by atoms with E-state index < -0.39 is 0 Å². The van der Waals surface area contributed by atoms with Crippen molar-refractivity contribution in [2.24, 2.45) is 5.92 Å². The van der Waals surface area contributed by atoms with Gasteiger partial charge in [0.15, 0.2) is 0 Å². The molecule has 86 valence electrons. The molecular formula is C12H20O3. The first-order valence-corrected chi connectivity index (χ1v) is 5.65. The molecule has 0 amide bonds. The highest BCUT2D eigenvalue weighted by Gasteiger charge is 2.20. The SMILES string of the molecule is CCCCC=C(C)C(=O)OCC1COC1. The maximum atomic E-state index is 11.5. The van der Waals surface area contributed by atoms with Crippen LogP contribution in [-0.2, 0) is 14.3 Å². The molecule has 0 spiro atoms. The fourth-order valence-electron chi connectivity index (χ4n) is 1.29. The summed E-state index contributed by atoms with van der Waals surface area (Å²) in [4.78, 5) is 11.5. The molecule has 1 saturated heterocycles. The molecule has 0 N–H and O–H groups in total. The van der Waals surface area contributed by atoms with Crippen LogP contribution in [0, 0.1) is 5.92 Å². The van der Waals surface area contributed by atoms with E-state index in [1.807, 2.05) is 13.0 Å². The number of carbonyl (C=O) groups is 1. The lowest BCUT2D eigenvalue weighted by Crippen LogP contribution is -2.32. The van der Waals surface area contributed by atoms with Gasteiger partial charge in [0.25, 0.3) is 0 Å². The summed E-state index contributed by atoms with van der Waals surface area (Å²) in [6, 6.07) is 0. The first-order chi connectivity index (χ1) is 7.24. The number of esters is 1. The summed E-state index contributed by atoms with van der Waals surface area (Å²) >= 11 is 0. The zero-order valence-corrected chi connectivity index (χ0v) is 9.62. The third kappa shape index (κ3) is 4.47. The van der Waals surface area contributed by atoms with Crippen LogP contribution in [0.15, 0.2) is 11.6 Å². The van der Waals surface area contributed by atoms with Crippen LogP contribution in [0.2, 0.25) is 0 Å². The number of rotatable bonds is 6. The molecule has 0 bridgehead atoms. The van der Waals surface area contributed by atoms with E-state index in [9.17, 15) is 4.79 Å². The second-order valence-corrected chi connectivity index (χ2v) is 4.03. The average Bonchev–Trinajstić information content (AvgIpc) is 2.15. The van der Waals surface area contributed by atoms with E-state index >= 15 is 0 Å². The van der Waals surface area contributed by atoms with Gasteiger partial charge < -0.3 is 9.47 Å². The Kier molecular flexibility index (Phi) is 5.40. The van der Waals surface area contributed by atoms with E-state index in [0.29, 0.717) is 12.5 Å². The van der Waals surface area contributed by atoms with Gasteiger partial charge in [-0.3, -0.25) is 0 Å². The summed E-state index contributed by atoms with van der Waals surface area (Å²) in [7, 11) is 0. The fourth-order valence-corrected chi connectivity index (χ4v) is 1.29. The standard InChI is InChI=1S/C12H20O3/c1-3-4-5-6-10(2)12(13)15-9-11-7-14-8-11/h6,11H,3-5,7-9H2,1-2H3. The molecule has 1 heterocycles. The van der Waals surface area contributed by atoms with Crippen molar-refractivity contribution in [1.29, 1.82) is 0 Å². The zero-order chi connectivity index (χ0) is 11.1. The fraction of sp³-hybridized carbons (Fsp3) is 0.750. The van der Waals surface area contributed by atoms with Crippen LogP contribution in [0.5, 0.6) is 0 Å². The maximum Gasteiger partial charge on any atom is 0.333 e. The summed E-state index contributed by atoms with van der Waals surface area (Å²) in [5.41, 5.74) is 0.726. The predicted molar refractivity (Wildman–Crippen MR) is 58.6 cm³/mol. The predicted octanol–water partition coefficient (Wildman–Crippen LogP) is 2.31. The summed E-state index contributed by atoms with van der Waals surface area (Å²) in [6.07, 6.45) is 5.20. The van der Waals surface area contributed by atoms with Gasteiger partial charge in [0.2, 0.25) is 0 Å². The Morgan fingerprint density at radius 3 is 2.80 bits per heavy atom. The Labute approximate surface area is 91.4 Å². The van der Waals surface area contributed by atoms with Crippen molar-refractivity contribution < 1.29 is 14.3 Å². The van der Waals surface area contributed by atoms with Crippen molar-refractivity contribution in [3.8, 4) is 0 Å². The molecule has 0 aromatic carbocycles. The molecule has 3 nitrogen and oxygen atoms in total. The smallest absolute Gasteiger partial charge is 0.333 e. The van der Waals surface area contributed by atoms with Gasteiger partial charge in [0.1, 0.15) is 0 Å². The van der Waals surface area contributed by atoms with Crippen molar-refractivity contribution in [3.63, 3.8) is 0 Å². The molecular weight excluding hydrogens is 192 g/mol. The summed E-state index contributed by atoms with van der Waals surface area (Å²) < 4.78 is 10.2. The Morgan fingerprint density at radius 2 is 2.27 bits per heavy atom. The Bertz CT molecular complexity index is 229. The highest BCUT2D eigenvalue weighted by atomic mass is 16.5. The summed E-state index contributed by atoms with van der Waals surface area (Å²) in [6.45, 7) is 5.91. The maximum absolute atomic E-state index is 11.5. The minimum absolute atomic E-state index is 0.182. The Balaban J connectivity index is 2.16. The van der Waals surface area contributed by atoms with Crippen LogP contribution in [0.4, 0.5) is 0 Å². The number of ether oxygens (including phenoxy) is 2. The topological polar surface area (TPSA) is 35.5 Å². The van der Waals surface area contributed by atoms with Gasteiger partial charge in [-0.05, 0) is 13.3 Å².